The van der Waals surface area contributed by atoms with E-state index in [0.29, 0.717) is 12.1 Å². The van der Waals surface area contributed by atoms with Crippen LogP contribution in [0.1, 0.15) is 25.5 Å². The first-order valence-electron chi connectivity index (χ1n) is 6.02. The van der Waals surface area contributed by atoms with Gasteiger partial charge in [0.05, 0.1) is 6.10 Å². The number of aliphatic hydroxyl groups is 1. The molecule has 0 aliphatic heterocycles. The van der Waals surface area contributed by atoms with Gasteiger partial charge in [-0.25, -0.2) is 0 Å². The van der Waals surface area contributed by atoms with Crippen LogP contribution >= 0.6 is 0 Å². The SMILES string of the molecule is CCN(CC)CC(O)c1ccc(OC(F)F)cc1. The molecule has 0 spiro atoms. The van der Waals surface area contributed by atoms with E-state index in [-0.39, 0.29) is 5.75 Å². The summed E-state index contributed by atoms with van der Waals surface area (Å²) >= 11 is 0. The summed E-state index contributed by atoms with van der Waals surface area (Å²) in [5.74, 6) is 0.101. The van der Waals surface area contributed by atoms with Crippen molar-refractivity contribution in [2.75, 3.05) is 19.6 Å². The highest BCUT2D eigenvalue weighted by Gasteiger charge is 2.12. The van der Waals surface area contributed by atoms with Crippen molar-refractivity contribution in [3.63, 3.8) is 0 Å². The van der Waals surface area contributed by atoms with Crippen molar-refractivity contribution in [3.8, 4) is 5.75 Å². The molecule has 1 unspecified atom stereocenters. The molecule has 0 aromatic heterocycles. The molecule has 1 rings (SSSR count). The zero-order valence-electron chi connectivity index (χ0n) is 10.6. The molecule has 1 aromatic carbocycles. The number of nitrogens with zero attached hydrogens (tertiary/aromatic N) is 1. The van der Waals surface area contributed by atoms with E-state index in [0.717, 1.165) is 13.1 Å². The van der Waals surface area contributed by atoms with E-state index in [1.165, 1.54) is 12.1 Å². The largest absolute Gasteiger partial charge is 0.435 e. The van der Waals surface area contributed by atoms with Crippen LogP contribution in [0, 0.1) is 0 Å². The summed E-state index contributed by atoms with van der Waals surface area (Å²) in [6, 6.07) is 6.08. The van der Waals surface area contributed by atoms with E-state index in [1.54, 1.807) is 12.1 Å². The molecule has 0 bridgehead atoms. The quantitative estimate of drug-likeness (QED) is 0.817. The van der Waals surface area contributed by atoms with Crippen molar-refractivity contribution in [1.82, 2.24) is 4.90 Å². The maximum atomic E-state index is 12.0. The predicted molar refractivity (Wildman–Crippen MR) is 65.8 cm³/mol. The van der Waals surface area contributed by atoms with E-state index < -0.39 is 12.7 Å². The maximum Gasteiger partial charge on any atom is 0.387 e. The van der Waals surface area contributed by atoms with Gasteiger partial charge in [-0.3, -0.25) is 0 Å². The summed E-state index contributed by atoms with van der Waals surface area (Å²) in [6.45, 7) is 3.48. The Hall–Kier alpha value is -1.20. The summed E-state index contributed by atoms with van der Waals surface area (Å²) in [5.41, 5.74) is 0.698. The Kier molecular flexibility index (Phi) is 6.01. The number of alkyl halides is 2. The minimum absolute atomic E-state index is 0.101. The van der Waals surface area contributed by atoms with Gasteiger partial charge in [0.1, 0.15) is 5.75 Å². The maximum absolute atomic E-state index is 12.0. The van der Waals surface area contributed by atoms with E-state index in [4.69, 9.17) is 0 Å². The first kappa shape index (κ1) is 14.9. The zero-order chi connectivity index (χ0) is 13.5. The van der Waals surface area contributed by atoms with Gasteiger partial charge in [0.25, 0.3) is 0 Å². The molecule has 0 aliphatic rings. The molecule has 5 heteroatoms. The minimum atomic E-state index is -2.82. The lowest BCUT2D eigenvalue weighted by Gasteiger charge is -2.22. The van der Waals surface area contributed by atoms with Gasteiger partial charge in [0.2, 0.25) is 0 Å². The second-order valence-electron chi connectivity index (χ2n) is 3.95. The zero-order valence-corrected chi connectivity index (χ0v) is 10.6. The van der Waals surface area contributed by atoms with Crippen LogP contribution in [0.25, 0.3) is 0 Å². The van der Waals surface area contributed by atoms with Crippen molar-refractivity contribution in [3.05, 3.63) is 29.8 Å². The minimum Gasteiger partial charge on any atom is -0.435 e. The molecule has 0 amide bonds. The van der Waals surface area contributed by atoms with Gasteiger partial charge in [0, 0.05) is 6.54 Å². The Bertz CT molecular complexity index is 339. The summed E-state index contributed by atoms with van der Waals surface area (Å²) in [4.78, 5) is 2.09. The average molecular weight is 259 g/mol. The Balaban J connectivity index is 2.61. The first-order chi connectivity index (χ1) is 8.56. The first-order valence-corrected chi connectivity index (χ1v) is 6.02. The number of likely N-dealkylation sites (N-methyl/N-ethyl adjacent to an activating group) is 1. The molecule has 0 heterocycles. The molecule has 1 aromatic rings. The molecule has 102 valence electrons. The van der Waals surface area contributed by atoms with E-state index in [2.05, 4.69) is 9.64 Å². The van der Waals surface area contributed by atoms with E-state index in [9.17, 15) is 13.9 Å². The van der Waals surface area contributed by atoms with Gasteiger partial charge in [-0.2, -0.15) is 8.78 Å². The smallest absolute Gasteiger partial charge is 0.387 e. The third-order valence-corrected chi connectivity index (χ3v) is 2.82. The van der Waals surface area contributed by atoms with Crippen molar-refractivity contribution >= 4 is 0 Å². The second-order valence-corrected chi connectivity index (χ2v) is 3.95. The molecule has 0 saturated carbocycles. The fraction of sp³-hybridized carbons (Fsp3) is 0.538. The van der Waals surface area contributed by atoms with Crippen LogP contribution in [0.2, 0.25) is 0 Å². The van der Waals surface area contributed by atoms with Crippen molar-refractivity contribution in [1.29, 1.82) is 0 Å². The lowest BCUT2D eigenvalue weighted by molar-refractivity contribution is -0.0498. The topological polar surface area (TPSA) is 32.7 Å². The monoisotopic (exact) mass is 259 g/mol. The molecule has 0 fully saturated rings. The normalized spacial score (nSPS) is 13.1. The molecule has 0 saturated heterocycles. The lowest BCUT2D eigenvalue weighted by atomic mass is 10.1. The number of benzene rings is 1. The van der Waals surface area contributed by atoms with Gasteiger partial charge < -0.3 is 14.7 Å². The number of rotatable bonds is 7. The van der Waals surface area contributed by atoms with Crippen LogP contribution in [-0.2, 0) is 0 Å². The van der Waals surface area contributed by atoms with Gasteiger partial charge >= 0.3 is 6.61 Å². The highest BCUT2D eigenvalue weighted by atomic mass is 19.3. The van der Waals surface area contributed by atoms with Crippen LogP contribution < -0.4 is 4.74 Å². The van der Waals surface area contributed by atoms with Crippen LogP contribution in [-0.4, -0.2) is 36.3 Å². The fourth-order valence-corrected chi connectivity index (χ4v) is 1.70. The van der Waals surface area contributed by atoms with E-state index >= 15 is 0 Å². The highest BCUT2D eigenvalue weighted by molar-refractivity contribution is 5.28. The third-order valence-electron chi connectivity index (χ3n) is 2.82. The average Bonchev–Trinajstić information content (AvgIpc) is 2.35. The lowest BCUT2D eigenvalue weighted by Crippen LogP contribution is -2.28. The van der Waals surface area contributed by atoms with Crippen molar-refractivity contribution in [2.45, 2.75) is 26.6 Å². The molecule has 1 atom stereocenters. The van der Waals surface area contributed by atoms with Crippen molar-refractivity contribution < 1.29 is 18.6 Å². The Morgan fingerprint density at radius 1 is 1.17 bits per heavy atom. The summed E-state index contributed by atoms with van der Waals surface area (Å²) in [5, 5.41) is 10.00. The van der Waals surface area contributed by atoms with Gasteiger partial charge in [-0.15, -0.1) is 0 Å². The molecule has 0 radical (unpaired) electrons. The fourth-order valence-electron chi connectivity index (χ4n) is 1.70. The Labute approximate surface area is 106 Å². The third kappa shape index (κ3) is 4.58. The Morgan fingerprint density at radius 3 is 2.17 bits per heavy atom. The molecule has 1 N–H and O–H groups in total. The van der Waals surface area contributed by atoms with Crippen LogP contribution in [0.5, 0.6) is 5.75 Å². The van der Waals surface area contributed by atoms with Crippen LogP contribution in [0.3, 0.4) is 0 Å². The molecule has 3 nitrogen and oxygen atoms in total. The van der Waals surface area contributed by atoms with E-state index in [1.807, 2.05) is 13.8 Å². The standard InChI is InChI=1S/C13H19F2NO2/c1-3-16(4-2)9-12(17)10-5-7-11(8-6-10)18-13(14)15/h5-8,12-13,17H,3-4,9H2,1-2H3. The number of hydrogen-bond acceptors (Lipinski definition) is 3. The Morgan fingerprint density at radius 2 is 1.72 bits per heavy atom. The summed E-state index contributed by atoms with van der Waals surface area (Å²) in [7, 11) is 0. The summed E-state index contributed by atoms with van der Waals surface area (Å²) in [6.07, 6.45) is -0.620. The number of ether oxygens (including phenoxy) is 1. The predicted octanol–water partition coefficient (Wildman–Crippen LogP) is 2.66. The van der Waals surface area contributed by atoms with Crippen LogP contribution in [0.15, 0.2) is 24.3 Å². The number of halogens is 2. The molecule has 0 aliphatic carbocycles. The second kappa shape index (κ2) is 7.28. The van der Waals surface area contributed by atoms with Gasteiger partial charge in [0.15, 0.2) is 0 Å². The number of hydrogen-bond donors (Lipinski definition) is 1. The summed E-state index contributed by atoms with van der Waals surface area (Å²) < 4.78 is 28.2. The molecule has 18 heavy (non-hydrogen) atoms. The van der Waals surface area contributed by atoms with Gasteiger partial charge in [-0.05, 0) is 30.8 Å². The van der Waals surface area contributed by atoms with Crippen molar-refractivity contribution in [2.24, 2.45) is 0 Å². The molecular formula is C13H19F2NO2. The molecular weight excluding hydrogens is 240 g/mol. The number of aliphatic hydroxyl groups excluding tert-OH is 1. The van der Waals surface area contributed by atoms with Gasteiger partial charge in [-0.1, -0.05) is 26.0 Å². The highest BCUT2D eigenvalue weighted by Crippen LogP contribution is 2.20. The van der Waals surface area contributed by atoms with Crippen LogP contribution in [0.4, 0.5) is 8.78 Å².